The number of aromatic nitrogens is 3. The van der Waals surface area contributed by atoms with Crippen molar-refractivity contribution >= 4 is 12.2 Å². The van der Waals surface area contributed by atoms with Gasteiger partial charge >= 0.3 is 0 Å². The lowest BCUT2D eigenvalue weighted by molar-refractivity contribution is 0.407. The van der Waals surface area contributed by atoms with Crippen LogP contribution in [0.15, 0.2) is 32.5 Å². The van der Waals surface area contributed by atoms with E-state index in [4.69, 9.17) is 4.42 Å². The molecule has 28 heavy (non-hydrogen) atoms. The maximum absolute atomic E-state index is 14.2. The van der Waals surface area contributed by atoms with Crippen LogP contribution in [0.3, 0.4) is 0 Å². The molecule has 0 aliphatic heterocycles. The van der Waals surface area contributed by atoms with E-state index in [9.17, 15) is 18.4 Å². The zero-order chi connectivity index (χ0) is 20.6. The Morgan fingerprint density at radius 2 is 1.64 bits per heavy atom. The van der Waals surface area contributed by atoms with E-state index in [0.29, 0.717) is 11.5 Å². The first-order valence-electron chi connectivity index (χ1n) is 8.52. The molecular formula is C20H19F2N3O3. The Kier molecular flexibility index (Phi) is 4.89. The number of hydrogen-bond donors (Lipinski definition) is 2. The predicted molar refractivity (Wildman–Crippen MR) is 100 cm³/mol. The zero-order valence-corrected chi connectivity index (χ0v) is 15.8. The van der Waals surface area contributed by atoms with Crippen LogP contribution in [-0.2, 0) is 5.41 Å². The zero-order valence-electron chi connectivity index (χ0n) is 15.8. The summed E-state index contributed by atoms with van der Waals surface area (Å²) in [7, 11) is 0. The quantitative estimate of drug-likeness (QED) is 0.699. The first-order chi connectivity index (χ1) is 13.1. The summed E-state index contributed by atoms with van der Waals surface area (Å²) in [6.07, 6.45) is 3.62. The number of aromatic amines is 2. The predicted octanol–water partition coefficient (Wildman–Crippen LogP) is 1.59. The van der Waals surface area contributed by atoms with Crippen LogP contribution < -0.4 is 21.8 Å². The molecule has 2 aromatic heterocycles. The van der Waals surface area contributed by atoms with Crippen LogP contribution in [0.5, 0.6) is 0 Å². The summed E-state index contributed by atoms with van der Waals surface area (Å²) in [6, 6.07) is 2.38. The Morgan fingerprint density at radius 1 is 1.04 bits per heavy atom. The van der Waals surface area contributed by atoms with Crippen LogP contribution in [0.1, 0.15) is 43.4 Å². The topological polar surface area (TPSA) is 91.8 Å². The first-order valence-corrected chi connectivity index (χ1v) is 8.52. The van der Waals surface area contributed by atoms with Gasteiger partial charge in [-0.1, -0.05) is 26.8 Å². The van der Waals surface area contributed by atoms with Gasteiger partial charge in [0, 0.05) is 11.0 Å². The van der Waals surface area contributed by atoms with Crippen molar-refractivity contribution in [2.24, 2.45) is 0 Å². The number of hydrogen-bond acceptors (Lipinski definition) is 4. The van der Waals surface area contributed by atoms with Gasteiger partial charge in [-0.15, -0.1) is 0 Å². The molecule has 8 heteroatoms. The minimum absolute atomic E-state index is 0.0493. The van der Waals surface area contributed by atoms with E-state index in [1.165, 1.54) is 25.5 Å². The average Bonchev–Trinajstić information content (AvgIpc) is 3.08. The van der Waals surface area contributed by atoms with Gasteiger partial charge < -0.3 is 14.4 Å². The van der Waals surface area contributed by atoms with E-state index < -0.39 is 28.3 Å². The van der Waals surface area contributed by atoms with Crippen LogP contribution in [0.4, 0.5) is 8.78 Å². The van der Waals surface area contributed by atoms with Crippen LogP contribution in [0.2, 0.25) is 0 Å². The van der Waals surface area contributed by atoms with Gasteiger partial charge in [-0.25, -0.2) is 13.8 Å². The van der Waals surface area contributed by atoms with E-state index in [-0.39, 0.29) is 21.7 Å². The fraction of sp³-hybridized carbons (Fsp3) is 0.250. The second-order valence-electron chi connectivity index (χ2n) is 7.43. The molecule has 0 saturated heterocycles. The number of halogens is 2. The summed E-state index contributed by atoms with van der Waals surface area (Å²) in [6.45, 7) is 7.23. The SMILES string of the molecule is Cc1ccc(F)c(/C=c2\[nH]c(=O)/c(=C/c3ncoc3C(C)(C)C)[nH]c2=O)c1F. The molecule has 3 aromatic rings. The highest BCUT2D eigenvalue weighted by Crippen LogP contribution is 2.25. The van der Waals surface area contributed by atoms with Crippen LogP contribution >= 0.6 is 0 Å². The highest BCUT2D eigenvalue weighted by Gasteiger charge is 2.22. The van der Waals surface area contributed by atoms with E-state index in [1.54, 1.807) is 0 Å². The molecule has 146 valence electrons. The van der Waals surface area contributed by atoms with Crippen LogP contribution in [0, 0.1) is 18.6 Å². The molecule has 3 rings (SSSR count). The molecular weight excluding hydrogens is 368 g/mol. The normalized spacial score (nSPS) is 13.4. The molecule has 2 N–H and O–H groups in total. The highest BCUT2D eigenvalue weighted by molar-refractivity contribution is 5.51. The molecule has 0 aliphatic rings. The van der Waals surface area contributed by atoms with Crippen LogP contribution in [0.25, 0.3) is 12.2 Å². The van der Waals surface area contributed by atoms with Crippen molar-refractivity contribution < 1.29 is 13.2 Å². The van der Waals surface area contributed by atoms with E-state index >= 15 is 0 Å². The van der Waals surface area contributed by atoms with Gasteiger partial charge in [0.2, 0.25) is 0 Å². The molecule has 0 saturated carbocycles. The third-order valence-electron chi connectivity index (χ3n) is 4.15. The second kappa shape index (κ2) is 7.03. The first kappa shape index (κ1) is 19.5. The number of aryl methyl sites for hydroxylation is 1. The Hall–Kier alpha value is -3.29. The molecule has 1 aromatic carbocycles. The van der Waals surface area contributed by atoms with E-state index in [2.05, 4.69) is 15.0 Å². The lowest BCUT2D eigenvalue weighted by Crippen LogP contribution is -2.47. The van der Waals surface area contributed by atoms with Gasteiger partial charge in [-0.3, -0.25) is 9.59 Å². The summed E-state index contributed by atoms with van der Waals surface area (Å²) in [5.74, 6) is -1.09. The minimum Gasteiger partial charge on any atom is -0.447 e. The number of oxazole rings is 1. The van der Waals surface area contributed by atoms with Crippen molar-refractivity contribution in [3.63, 3.8) is 0 Å². The monoisotopic (exact) mass is 387 g/mol. The summed E-state index contributed by atoms with van der Waals surface area (Å²) in [5.41, 5.74) is -1.47. The van der Waals surface area contributed by atoms with Crippen LogP contribution in [-0.4, -0.2) is 15.0 Å². The summed E-state index contributed by atoms with van der Waals surface area (Å²) in [4.78, 5) is 33.6. The number of nitrogens with zero attached hydrogens (tertiary/aromatic N) is 1. The number of benzene rings is 1. The van der Waals surface area contributed by atoms with Crippen molar-refractivity contribution in [1.29, 1.82) is 0 Å². The van der Waals surface area contributed by atoms with Crippen molar-refractivity contribution in [2.75, 3.05) is 0 Å². The number of rotatable bonds is 2. The minimum atomic E-state index is -0.837. The van der Waals surface area contributed by atoms with E-state index in [1.807, 2.05) is 20.8 Å². The third kappa shape index (κ3) is 3.71. The lowest BCUT2D eigenvalue weighted by Gasteiger charge is -2.14. The van der Waals surface area contributed by atoms with Gasteiger partial charge in [-0.2, -0.15) is 0 Å². The van der Waals surface area contributed by atoms with Gasteiger partial charge in [0.1, 0.15) is 33.8 Å². The standard InChI is InChI=1S/C20H19F2N3O3/c1-10-5-6-12(21)11(16(10)22)7-14-18(26)25-15(19(27)24-14)8-13-17(20(2,3)4)28-9-23-13/h5-9H,1-4H3,(H,24,27)(H,25,26)/b14-7-,15-8-. The van der Waals surface area contributed by atoms with Crippen molar-refractivity contribution in [2.45, 2.75) is 33.1 Å². The van der Waals surface area contributed by atoms with E-state index in [0.717, 1.165) is 12.1 Å². The highest BCUT2D eigenvalue weighted by atomic mass is 19.1. The summed E-state index contributed by atoms with van der Waals surface area (Å²) >= 11 is 0. The van der Waals surface area contributed by atoms with Crippen molar-refractivity contribution in [3.8, 4) is 0 Å². The molecule has 0 aliphatic carbocycles. The van der Waals surface area contributed by atoms with Crippen molar-refractivity contribution in [3.05, 3.63) is 84.1 Å². The molecule has 6 nitrogen and oxygen atoms in total. The van der Waals surface area contributed by atoms with Gasteiger partial charge in [0.05, 0.1) is 0 Å². The summed E-state index contributed by atoms with van der Waals surface area (Å²) < 4.78 is 33.5. The Balaban J connectivity index is 2.19. The Morgan fingerprint density at radius 3 is 2.25 bits per heavy atom. The molecule has 0 amide bonds. The van der Waals surface area contributed by atoms with Crippen molar-refractivity contribution in [1.82, 2.24) is 15.0 Å². The fourth-order valence-corrected chi connectivity index (χ4v) is 2.71. The Labute approximate surface area is 158 Å². The largest absolute Gasteiger partial charge is 0.447 e. The average molecular weight is 387 g/mol. The molecule has 0 spiro atoms. The second-order valence-corrected chi connectivity index (χ2v) is 7.43. The fourth-order valence-electron chi connectivity index (χ4n) is 2.71. The third-order valence-corrected chi connectivity index (χ3v) is 4.15. The Bertz CT molecular complexity index is 1280. The molecule has 0 fully saturated rings. The molecule has 0 unspecified atom stereocenters. The number of H-pyrrole nitrogens is 2. The molecule has 0 atom stereocenters. The molecule has 0 bridgehead atoms. The molecule has 0 radical (unpaired) electrons. The lowest BCUT2D eigenvalue weighted by atomic mass is 9.92. The van der Waals surface area contributed by atoms with Gasteiger partial charge in [-0.05, 0) is 30.7 Å². The van der Waals surface area contributed by atoms with Gasteiger partial charge in [0.15, 0.2) is 6.39 Å². The maximum atomic E-state index is 14.2. The smallest absolute Gasteiger partial charge is 0.272 e. The maximum Gasteiger partial charge on any atom is 0.272 e. The summed E-state index contributed by atoms with van der Waals surface area (Å²) in [5, 5.41) is -0.312. The molecule has 2 heterocycles. The van der Waals surface area contributed by atoms with Gasteiger partial charge in [0.25, 0.3) is 11.1 Å². The number of nitrogens with one attached hydrogen (secondary N) is 2.